The molecule has 0 fully saturated rings. The highest BCUT2D eigenvalue weighted by molar-refractivity contribution is 7.26. The van der Waals surface area contributed by atoms with Gasteiger partial charge < -0.3 is 4.90 Å². The second-order valence-electron chi connectivity index (χ2n) is 14.0. The van der Waals surface area contributed by atoms with Crippen molar-refractivity contribution in [2.75, 3.05) is 4.90 Å². The number of rotatable bonds is 6. The summed E-state index contributed by atoms with van der Waals surface area (Å²) in [6, 6.07) is 73.5. The van der Waals surface area contributed by atoms with E-state index in [2.05, 4.69) is 205 Å². The van der Waals surface area contributed by atoms with Crippen LogP contribution in [0.3, 0.4) is 0 Å². The molecule has 55 heavy (non-hydrogen) atoms. The Labute approximate surface area is 327 Å². The van der Waals surface area contributed by atoms with Crippen molar-refractivity contribution in [2.24, 2.45) is 0 Å². The first-order chi connectivity index (χ1) is 27.3. The van der Waals surface area contributed by atoms with E-state index in [1.807, 2.05) is 22.7 Å². The molecular formula is C52H33NS2. The van der Waals surface area contributed by atoms with Crippen LogP contribution in [0.1, 0.15) is 0 Å². The molecule has 0 bridgehead atoms. The van der Waals surface area contributed by atoms with Gasteiger partial charge >= 0.3 is 0 Å². The molecule has 11 aromatic rings. The molecule has 0 amide bonds. The largest absolute Gasteiger partial charge is 0.309 e. The number of nitrogens with zero attached hydrogens (tertiary/aromatic N) is 1. The molecule has 0 atom stereocenters. The molecular weight excluding hydrogens is 703 g/mol. The van der Waals surface area contributed by atoms with Gasteiger partial charge in [0.15, 0.2) is 0 Å². The highest BCUT2D eigenvalue weighted by atomic mass is 32.1. The third-order valence-corrected chi connectivity index (χ3v) is 13.2. The van der Waals surface area contributed by atoms with Crippen molar-refractivity contribution in [1.29, 1.82) is 0 Å². The van der Waals surface area contributed by atoms with Crippen molar-refractivity contribution in [3.05, 3.63) is 200 Å². The summed E-state index contributed by atoms with van der Waals surface area (Å²) < 4.78 is 5.25. The van der Waals surface area contributed by atoms with E-state index in [4.69, 9.17) is 0 Å². The standard InChI is InChI=1S/C52H33NS2/c1-2-18-38-34(14-1)15-12-23-39(38)40-19-3-7-26-47(40)53(37-17-11-16-35(32-37)36-30-31-44-42-21-5-9-28-49(42)54-51(44)33-36)48-27-8-4-20-41(48)45-24-13-25-46-43-22-6-10-29-50(43)55-52(45)46/h1-33H. The highest BCUT2D eigenvalue weighted by Gasteiger charge is 2.23. The molecule has 2 heterocycles. The van der Waals surface area contributed by atoms with E-state index in [-0.39, 0.29) is 0 Å². The zero-order valence-corrected chi connectivity index (χ0v) is 31.4. The van der Waals surface area contributed by atoms with Crippen LogP contribution in [0.4, 0.5) is 17.1 Å². The summed E-state index contributed by atoms with van der Waals surface area (Å²) >= 11 is 3.75. The van der Waals surface area contributed by atoms with Gasteiger partial charge in [-0.2, -0.15) is 0 Å². The van der Waals surface area contributed by atoms with Gasteiger partial charge in [0, 0.05) is 62.7 Å². The van der Waals surface area contributed by atoms with E-state index in [9.17, 15) is 0 Å². The molecule has 1 nitrogen and oxygen atoms in total. The average Bonchev–Trinajstić information content (AvgIpc) is 3.82. The first kappa shape index (κ1) is 32.0. The first-order valence-corrected chi connectivity index (χ1v) is 20.3. The van der Waals surface area contributed by atoms with Crippen LogP contribution in [0, 0.1) is 0 Å². The molecule has 9 aromatic carbocycles. The predicted octanol–water partition coefficient (Wildman–Crippen LogP) is 16.0. The van der Waals surface area contributed by atoms with Gasteiger partial charge in [-0.1, -0.05) is 158 Å². The quantitative estimate of drug-likeness (QED) is 0.164. The molecule has 0 N–H and O–H groups in total. The SMILES string of the molecule is c1cc(-c2ccc3c(c2)sc2ccccc23)cc(N(c2ccccc2-c2cccc3ccccc23)c2ccccc2-c2cccc3c2sc2ccccc23)c1. The number of fused-ring (bicyclic) bond motifs is 7. The maximum atomic E-state index is 2.49. The molecule has 2 aromatic heterocycles. The van der Waals surface area contributed by atoms with Gasteiger partial charge in [0.05, 0.1) is 11.4 Å². The van der Waals surface area contributed by atoms with Gasteiger partial charge in [-0.15, -0.1) is 22.7 Å². The van der Waals surface area contributed by atoms with Crippen molar-refractivity contribution in [2.45, 2.75) is 0 Å². The van der Waals surface area contributed by atoms with Crippen molar-refractivity contribution < 1.29 is 0 Å². The highest BCUT2D eigenvalue weighted by Crippen LogP contribution is 2.49. The molecule has 11 rings (SSSR count). The van der Waals surface area contributed by atoms with E-state index in [0.29, 0.717) is 0 Å². The van der Waals surface area contributed by atoms with Crippen LogP contribution in [0.5, 0.6) is 0 Å². The van der Waals surface area contributed by atoms with Crippen LogP contribution in [0.15, 0.2) is 200 Å². The van der Waals surface area contributed by atoms with E-state index >= 15 is 0 Å². The summed E-state index contributed by atoms with van der Waals surface area (Å²) in [6.07, 6.45) is 0. The van der Waals surface area contributed by atoms with Crippen molar-refractivity contribution in [1.82, 2.24) is 0 Å². The molecule has 0 saturated heterocycles. The molecule has 0 radical (unpaired) electrons. The van der Waals surface area contributed by atoms with E-state index in [0.717, 1.165) is 17.1 Å². The lowest BCUT2D eigenvalue weighted by Gasteiger charge is -2.30. The van der Waals surface area contributed by atoms with Crippen molar-refractivity contribution >= 4 is 90.9 Å². The smallest absolute Gasteiger partial charge is 0.0540 e. The minimum Gasteiger partial charge on any atom is -0.309 e. The van der Waals surface area contributed by atoms with Crippen LogP contribution in [0.2, 0.25) is 0 Å². The fraction of sp³-hybridized carbons (Fsp3) is 0. The maximum Gasteiger partial charge on any atom is 0.0540 e. The summed E-state index contributed by atoms with van der Waals surface area (Å²) in [4.78, 5) is 2.49. The van der Waals surface area contributed by atoms with Gasteiger partial charge in [-0.3, -0.25) is 0 Å². The Morgan fingerprint density at radius 1 is 0.309 bits per heavy atom. The lowest BCUT2D eigenvalue weighted by atomic mass is 9.94. The summed E-state index contributed by atoms with van der Waals surface area (Å²) in [5, 5.41) is 7.72. The number of hydrogen-bond donors (Lipinski definition) is 0. The van der Waals surface area contributed by atoms with Gasteiger partial charge in [-0.25, -0.2) is 0 Å². The fourth-order valence-electron chi connectivity index (χ4n) is 8.35. The van der Waals surface area contributed by atoms with Crippen LogP contribution in [-0.4, -0.2) is 0 Å². The second-order valence-corrected chi connectivity index (χ2v) is 16.2. The van der Waals surface area contributed by atoms with E-state index in [1.165, 1.54) is 84.5 Å². The van der Waals surface area contributed by atoms with E-state index < -0.39 is 0 Å². The number of benzene rings is 9. The predicted molar refractivity (Wildman–Crippen MR) is 241 cm³/mol. The number of hydrogen-bond acceptors (Lipinski definition) is 3. The number of para-hydroxylation sites is 2. The van der Waals surface area contributed by atoms with Crippen molar-refractivity contribution in [3.8, 4) is 33.4 Å². The fourth-order valence-corrected chi connectivity index (χ4v) is 10.7. The van der Waals surface area contributed by atoms with E-state index in [1.54, 1.807) is 0 Å². The summed E-state index contributed by atoms with van der Waals surface area (Å²) in [5.74, 6) is 0. The number of thiophene rings is 2. The van der Waals surface area contributed by atoms with Gasteiger partial charge in [0.1, 0.15) is 0 Å². The molecule has 0 saturated carbocycles. The Balaban J connectivity index is 1.15. The third-order valence-electron chi connectivity index (χ3n) is 10.9. The Hall–Kier alpha value is -6.52. The van der Waals surface area contributed by atoms with Gasteiger partial charge in [-0.05, 0) is 69.9 Å². The Bertz CT molecular complexity index is 3230. The summed E-state index contributed by atoms with van der Waals surface area (Å²) in [6.45, 7) is 0. The van der Waals surface area contributed by atoms with Gasteiger partial charge in [0.25, 0.3) is 0 Å². The van der Waals surface area contributed by atoms with Crippen molar-refractivity contribution in [3.63, 3.8) is 0 Å². The molecule has 0 aliphatic heterocycles. The number of anilines is 3. The molecule has 3 heteroatoms. The minimum atomic E-state index is 1.11. The monoisotopic (exact) mass is 735 g/mol. The van der Waals surface area contributed by atoms with Gasteiger partial charge in [0.2, 0.25) is 0 Å². The van der Waals surface area contributed by atoms with Crippen LogP contribution >= 0.6 is 22.7 Å². The minimum absolute atomic E-state index is 1.11. The molecule has 0 aliphatic carbocycles. The van der Waals surface area contributed by atoms with Crippen LogP contribution in [0.25, 0.3) is 84.5 Å². The Kier molecular flexibility index (Phi) is 7.61. The Morgan fingerprint density at radius 3 is 1.65 bits per heavy atom. The molecule has 0 unspecified atom stereocenters. The first-order valence-electron chi connectivity index (χ1n) is 18.7. The zero-order valence-electron chi connectivity index (χ0n) is 29.8. The zero-order chi connectivity index (χ0) is 36.3. The van der Waals surface area contributed by atoms with Crippen LogP contribution < -0.4 is 4.90 Å². The molecule has 258 valence electrons. The normalized spacial score (nSPS) is 11.6. The Morgan fingerprint density at radius 2 is 0.836 bits per heavy atom. The summed E-state index contributed by atoms with van der Waals surface area (Å²) in [7, 11) is 0. The second kappa shape index (κ2) is 13.1. The molecule has 0 spiro atoms. The maximum absolute atomic E-state index is 2.49. The molecule has 0 aliphatic rings. The third kappa shape index (κ3) is 5.35. The topological polar surface area (TPSA) is 3.24 Å². The summed E-state index contributed by atoms with van der Waals surface area (Å²) in [5.41, 5.74) is 10.6. The lowest BCUT2D eigenvalue weighted by Crippen LogP contribution is -2.12. The van der Waals surface area contributed by atoms with Crippen LogP contribution in [-0.2, 0) is 0 Å². The average molecular weight is 736 g/mol. The lowest BCUT2D eigenvalue weighted by molar-refractivity contribution is 1.29.